The lowest BCUT2D eigenvalue weighted by molar-refractivity contribution is -0.137. The third-order valence-corrected chi connectivity index (χ3v) is 8.16. The molecule has 216 valence electrons. The van der Waals surface area contributed by atoms with Crippen LogP contribution in [0.5, 0.6) is 5.75 Å². The van der Waals surface area contributed by atoms with Crippen LogP contribution < -0.4 is 5.43 Å². The zero-order valence-corrected chi connectivity index (χ0v) is 24.0. The second kappa shape index (κ2) is 13.3. The summed E-state index contributed by atoms with van der Waals surface area (Å²) in [4.78, 5) is 20.7. The minimum Gasteiger partial charge on any atom is -0.508 e. The number of benzene rings is 3. The number of amidine groups is 1. The van der Waals surface area contributed by atoms with Crippen LogP contribution in [0, 0.1) is 0 Å². The first-order valence-corrected chi connectivity index (χ1v) is 14.6. The lowest BCUT2D eigenvalue weighted by Gasteiger charge is -2.47. The average molecular weight is 556 g/mol. The molecule has 2 heterocycles. The van der Waals surface area contributed by atoms with Crippen molar-refractivity contribution >= 4 is 11.8 Å². The van der Waals surface area contributed by atoms with Gasteiger partial charge in [-0.05, 0) is 55.5 Å². The number of nitrogens with one attached hydrogen (secondary N) is 1. The Morgan fingerprint density at radius 3 is 2.46 bits per heavy atom. The standard InChI is InChI=1S/C33H41N5O3/c1-24-21-37(25(2)20-36(24)22-26-9-4-3-5-10-26)32(29-11-8-12-30(39)19-29)27-14-16-28(17-15-27)33-34-23-35-38(33)18-7-6-13-31(40)41/h3-5,8-12,14-17,19,24-25,32,35,39H,6-7,13,18,20-23H2,1-2H3,(H,40,41)/t24-,25+,32-/m1/s1. The van der Waals surface area contributed by atoms with E-state index in [1.807, 2.05) is 17.1 Å². The molecule has 3 N–H and O–H groups in total. The van der Waals surface area contributed by atoms with E-state index in [1.54, 1.807) is 6.07 Å². The van der Waals surface area contributed by atoms with Crippen molar-refractivity contribution < 1.29 is 15.0 Å². The average Bonchev–Trinajstić information content (AvgIpc) is 3.43. The van der Waals surface area contributed by atoms with Crippen LogP contribution in [0.1, 0.15) is 61.4 Å². The van der Waals surface area contributed by atoms with E-state index in [9.17, 15) is 9.90 Å². The maximum Gasteiger partial charge on any atom is 0.303 e. The minimum absolute atomic E-state index is 0.00300. The fraction of sp³-hybridized carbons (Fsp3) is 0.394. The Balaban J connectivity index is 1.35. The monoisotopic (exact) mass is 555 g/mol. The van der Waals surface area contributed by atoms with Gasteiger partial charge in [-0.15, -0.1) is 0 Å². The van der Waals surface area contributed by atoms with Gasteiger partial charge < -0.3 is 10.2 Å². The van der Waals surface area contributed by atoms with Gasteiger partial charge >= 0.3 is 5.97 Å². The molecule has 5 rings (SSSR count). The predicted molar refractivity (Wildman–Crippen MR) is 162 cm³/mol. The van der Waals surface area contributed by atoms with Gasteiger partial charge in [-0.3, -0.25) is 19.6 Å². The molecule has 2 aliphatic rings. The number of phenolic OH excluding ortho intramolecular Hbond substituents is 1. The van der Waals surface area contributed by atoms with Crippen molar-refractivity contribution in [2.45, 2.75) is 57.8 Å². The van der Waals surface area contributed by atoms with Crippen molar-refractivity contribution in [3.63, 3.8) is 0 Å². The summed E-state index contributed by atoms with van der Waals surface area (Å²) in [5.74, 6) is 0.404. The third kappa shape index (κ3) is 7.14. The molecule has 1 fully saturated rings. The molecule has 8 heteroatoms. The topological polar surface area (TPSA) is 91.6 Å². The molecule has 0 radical (unpaired) electrons. The number of nitrogens with zero attached hydrogens (tertiary/aromatic N) is 4. The molecule has 0 aliphatic carbocycles. The summed E-state index contributed by atoms with van der Waals surface area (Å²) in [5.41, 5.74) is 7.90. The summed E-state index contributed by atoms with van der Waals surface area (Å²) in [7, 11) is 0. The third-order valence-electron chi connectivity index (χ3n) is 8.16. The van der Waals surface area contributed by atoms with E-state index in [4.69, 9.17) is 5.11 Å². The minimum atomic E-state index is -0.758. The highest BCUT2D eigenvalue weighted by Gasteiger charge is 2.35. The van der Waals surface area contributed by atoms with Crippen LogP contribution >= 0.6 is 0 Å². The molecule has 3 aromatic rings. The predicted octanol–water partition coefficient (Wildman–Crippen LogP) is 4.86. The largest absolute Gasteiger partial charge is 0.508 e. The summed E-state index contributed by atoms with van der Waals surface area (Å²) in [6, 6.07) is 27.6. The number of unbranched alkanes of at least 4 members (excludes halogenated alkanes) is 1. The van der Waals surface area contributed by atoms with E-state index in [-0.39, 0.29) is 18.2 Å². The normalized spacial score (nSPS) is 20.6. The highest BCUT2D eigenvalue weighted by Crippen LogP contribution is 2.35. The van der Waals surface area contributed by atoms with E-state index in [0.717, 1.165) is 43.0 Å². The Hall–Kier alpha value is -3.72. The molecular formula is C33H41N5O3. The number of carboxylic acids is 1. The molecular weight excluding hydrogens is 514 g/mol. The molecule has 3 aromatic carbocycles. The Bertz CT molecular complexity index is 1330. The maximum atomic E-state index is 10.9. The van der Waals surface area contributed by atoms with Crippen LogP contribution in [0.15, 0.2) is 83.9 Å². The van der Waals surface area contributed by atoms with Crippen LogP contribution in [-0.4, -0.2) is 75.2 Å². The Morgan fingerprint density at radius 1 is 0.951 bits per heavy atom. The van der Waals surface area contributed by atoms with Crippen LogP contribution in [0.4, 0.5) is 0 Å². The zero-order valence-electron chi connectivity index (χ0n) is 24.0. The van der Waals surface area contributed by atoms with E-state index < -0.39 is 5.97 Å². The first kappa shape index (κ1) is 28.8. The molecule has 41 heavy (non-hydrogen) atoms. The van der Waals surface area contributed by atoms with Crippen molar-refractivity contribution in [1.29, 1.82) is 0 Å². The Morgan fingerprint density at radius 2 is 1.73 bits per heavy atom. The number of phenols is 1. The van der Waals surface area contributed by atoms with Gasteiger partial charge in [-0.25, -0.2) is 10.4 Å². The molecule has 1 saturated heterocycles. The number of hydrazine groups is 1. The number of hydrogen-bond acceptors (Lipinski definition) is 7. The van der Waals surface area contributed by atoms with Gasteiger partial charge in [0.25, 0.3) is 0 Å². The van der Waals surface area contributed by atoms with Crippen LogP contribution in [0.3, 0.4) is 0 Å². The molecule has 0 unspecified atom stereocenters. The number of carboxylic acid groups (broad SMARTS) is 1. The van der Waals surface area contributed by atoms with Crippen LogP contribution in [-0.2, 0) is 11.3 Å². The van der Waals surface area contributed by atoms with Gasteiger partial charge in [0.2, 0.25) is 0 Å². The molecule has 0 aromatic heterocycles. The van der Waals surface area contributed by atoms with E-state index in [2.05, 4.69) is 94.7 Å². The number of aromatic hydroxyl groups is 1. The number of aliphatic carboxylic acids is 1. The first-order valence-electron chi connectivity index (χ1n) is 14.6. The summed E-state index contributed by atoms with van der Waals surface area (Å²) in [5, 5.41) is 21.3. The van der Waals surface area contributed by atoms with Crippen LogP contribution in [0.2, 0.25) is 0 Å². The molecule has 2 aliphatic heterocycles. The second-order valence-electron chi connectivity index (χ2n) is 11.2. The van der Waals surface area contributed by atoms with E-state index >= 15 is 0 Å². The van der Waals surface area contributed by atoms with Gasteiger partial charge in [-0.2, -0.15) is 0 Å². The molecule has 8 nitrogen and oxygen atoms in total. The summed E-state index contributed by atoms with van der Waals surface area (Å²) in [6.07, 6.45) is 1.60. The Kier molecular flexibility index (Phi) is 9.34. The summed E-state index contributed by atoms with van der Waals surface area (Å²) >= 11 is 0. The van der Waals surface area contributed by atoms with Crippen molar-refractivity contribution in [1.82, 2.24) is 20.2 Å². The van der Waals surface area contributed by atoms with Gasteiger partial charge in [-0.1, -0.05) is 66.7 Å². The number of hydrogen-bond donors (Lipinski definition) is 3. The van der Waals surface area contributed by atoms with Crippen molar-refractivity contribution in [3.8, 4) is 5.75 Å². The lowest BCUT2D eigenvalue weighted by Crippen LogP contribution is -2.56. The van der Waals surface area contributed by atoms with Crippen molar-refractivity contribution in [2.75, 3.05) is 26.3 Å². The number of aliphatic imine (C=N–C) groups is 1. The van der Waals surface area contributed by atoms with Gasteiger partial charge in [0.05, 0.1) is 6.04 Å². The molecule has 0 spiro atoms. The molecule has 0 amide bonds. The number of piperazine rings is 1. The fourth-order valence-electron chi connectivity index (χ4n) is 6.04. The van der Waals surface area contributed by atoms with Gasteiger partial charge in [0, 0.05) is 50.2 Å². The smallest absolute Gasteiger partial charge is 0.303 e. The maximum absolute atomic E-state index is 10.9. The number of carbonyl (C=O) groups is 1. The molecule has 3 atom stereocenters. The first-order chi connectivity index (χ1) is 19.9. The van der Waals surface area contributed by atoms with Gasteiger partial charge in [0.15, 0.2) is 0 Å². The van der Waals surface area contributed by atoms with Gasteiger partial charge in [0.1, 0.15) is 18.3 Å². The molecule has 0 bridgehead atoms. The highest BCUT2D eigenvalue weighted by atomic mass is 16.4. The van der Waals surface area contributed by atoms with Crippen LogP contribution in [0.25, 0.3) is 0 Å². The quantitative estimate of drug-likeness (QED) is 0.291. The molecule has 0 saturated carbocycles. The fourth-order valence-corrected chi connectivity index (χ4v) is 6.04. The number of rotatable bonds is 11. The van der Waals surface area contributed by atoms with Crippen molar-refractivity contribution in [2.24, 2.45) is 4.99 Å². The summed E-state index contributed by atoms with van der Waals surface area (Å²) in [6.45, 7) is 8.65. The SMILES string of the molecule is C[C@@H]1CN([C@H](c2ccc(C3=NCNN3CCCCC(=O)O)cc2)c2cccc(O)c2)[C@@H](C)CN1Cc1ccccc1. The summed E-state index contributed by atoms with van der Waals surface area (Å²) < 4.78 is 0. The Labute approximate surface area is 242 Å². The second-order valence-corrected chi connectivity index (χ2v) is 11.2. The zero-order chi connectivity index (χ0) is 28.8. The van der Waals surface area contributed by atoms with E-state index in [0.29, 0.717) is 31.7 Å². The lowest BCUT2D eigenvalue weighted by atomic mass is 9.92. The van der Waals surface area contributed by atoms with Crippen molar-refractivity contribution in [3.05, 3.63) is 101 Å². The van der Waals surface area contributed by atoms with E-state index in [1.165, 1.54) is 11.1 Å². The highest BCUT2D eigenvalue weighted by molar-refractivity contribution is 5.99.